The summed E-state index contributed by atoms with van der Waals surface area (Å²) in [5.41, 5.74) is 6.20. The number of carbonyl (C=O) groups excluding carboxylic acids is 1. The second-order valence-electron chi connectivity index (χ2n) is 6.23. The van der Waals surface area contributed by atoms with Gasteiger partial charge in [-0.15, -0.1) is 12.4 Å². The minimum Gasteiger partial charge on any atom is -0.493 e. The van der Waals surface area contributed by atoms with E-state index in [9.17, 15) is 4.79 Å². The molecule has 2 fully saturated rings. The fourth-order valence-electron chi connectivity index (χ4n) is 3.65. The van der Waals surface area contributed by atoms with Crippen molar-refractivity contribution in [3.8, 4) is 5.75 Å². The van der Waals surface area contributed by atoms with Gasteiger partial charge in [0.1, 0.15) is 5.75 Å². The molecule has 122 valence electrons. The van der Waals surface area contributed by atoms with Gasteiger partial charge in [0.2, 0.25) is 5.91 Å². The maximum Gasteiger partial charge on any atom is 0.226 e. The molecule has 1 saturated heterocycles. The second-order valence-corrected chi connectivity index (χ2v) is 6.23. The van der Waals surface area contributed by atoms with Crippen molar-refractivity contribution < 1.29 is 9.53 Å². The molecule has 2 N–H and O–H groups in total. The first-order valence-electron chi connectivity index (χ1n) is 7.95. The maximum atomic E-state index is 12.3. The van der Waals surface area contributed by atoms with Gasteiger partial charge < -0.3 is 15.4 Å². The van der Waals surface area contributed by atoms with Gasteiger partial charge in [0.25, 0.3) is 0 Å². The second kappa shape index (κ2) is 7.84. The standard InChI is InChI=1S/C17H24N2O2.ClH/c18-16-8-4-5-13-11-19(12-15(13)16)17(20)9-10-21-14-6-2-1-3-7-14;/h1-3,6-7,13,15-16H,4-5,8-12,18H2;1H. The van der Waals surface area contributed by atoms with Crippen LogP contribution >= 0.6 is 12.4 Å². The number of halogens is 1. The third kappa shape index (κ3) is 3.93. The number of hydrogen-bond donors (Lipinski definition) is 1. The predicted octanol–water partition coefficient (Wildman–Crippen LogP) is 2.46. The highest BCUT2D eigenvalue weighted by Crippen LogP contribution is 2.35. The lowest BCUT2D eigenvalue weighted by Gasteiger charge is -2.29. The highest BCUT2D eigenvalue weighted by molar-refractivity contribution is 5.85. The minimum atomic E-state index is 0. The Hall–Kier alpha value is -1.26. The number of likely N-dealkylation sites (tertiary alicyclic amines) is 1. The van der Waals surface area contributed by atoms with E-state index in [0.717, 1.165) is 25.3 Å². The Kier molecular flexibility index (Phi) is 6.09. The summed E-state index contributed by atoms with van der Waals surface area (Å²) in [7, 11) is 0. The van der Waals surface area contributed by atoms with Crippen molar-refractivity contribution in [2.75, 3.05) is 19.7 Å². The summed E-state index contributed by atoms with van der Waals surface area (Å²) in [5.74, 6) is 2.15. The number of benzene rings is 1. The highest BCUT2D eigenvalue weighted by atomic mass is 35.5. The van der Waals surface area contributed by atoms with Crippen molar-refractivity contribution >= 4 is 18.3 Å². The molecule has 1 heterocycles. The molecule has 2 aliphatic rings. The number of fused-ring (bicyclic) bond motifs is 1. The van der Waals surface area contributed by atoms with Crippen LogP contribution in [0.5, 0.6) is 5.75 Å². The normalized spacial score (nSPS) is 27.0. The quantitative estimate of drug-likeness (QED) is 0.925. The van der Waals surface area contributed by atoms with E-state index in [-0.39, 0.29) is 24.4 Å². The van der Waals surface area contributed by atoms with Gasteiger partial charge in [-0.1, -0.05) is 24.6 Å². The van der Waals surface area contributed by atoms with E-state index in [2.05, 4.69) is 0 Å². The molecule has 1 aliphatic carbocycles. The van der Waals surface area contributed by atoms with Gasteiger partial charge in [0, 0.05) is 19.1 Å². The van der Waals surface area contributed by atoms with Crippen LogP contribution in [0.25, 0.3) is 0 Å². The van der Waals surface area contributed by atoms with Crippen LogP contribution in [0.2, 0.25) is 0 Å². The largest absolute Gasteiger partial charge is 0.493 e. The molecule has 4 nitrogen and oxygen atoms in total. The third-order valence-electron chi connectivity index (χ3n) is 4.83. The Morgan fingerprint density at radius 1 is 1.23 bits per heavy atom. The van der Waals surface area contributed by atoms with Gasteiger partial charge in [0.15, 0.2) is 0 Å². The number of para-hydroxylation sites is 1. The average molecular weight is 325 g/mol. The van der Waals surface area contributed by atoms with E-state index in [1.165, 1.54) is 12.8 Å². The molecule has 22 heavy (non-hydrogen) atoms. The van der Waals surface area contributed by atoms with Crippen LogP contribution in [-0.4, -0.2) is 36.5 Å². The molecule has 3 atom stereocenters. The fraction of sp³-hybridized carbons (Fsp3) is 0.588. The Balaban J connectivity index is 0.00000176. The molecular weight excluding hydrogens is 300 g/mol. The van der Waals surface area contributed by atoms with Gasteiger partial charge in [0.05, 0.1) is 13.0 Å². The summed E-state index contributed by atoms with van der Waals surface area (Å²) in [5, 5.41) is 0. The first kappa shape index (κ1) is 17.1. The monoisotopic (exact) mass is 324 g/mol. The number of rotatable bonds is 4. The van der Waals surface area contributed by atoms with Crippen molar-refractivity contribution in [1.29, 1.82) is 0 Å². The summed E-state index contributed by atoms with van der Waals surface area (Å²) < 4.78 is 5.60. The van der Waals surface area contributed by atoms with Crippen molar-refractivity contribution in [2.24, 2.45) is 17.6 Å². The number of hydrogen-bond acceptors (Lipinski definition) is 3. The summed E-state index contributed by atoms with van der Waals surface area (Å²) in [4.78, 5) is 14.3. The average Bonchev–Trinajstić information content (AvgIpc) is 2.94. The molecule has 0 bridgehead atoms. The van der Waals surface area contributed by atoms with E-state index in [1.807, 2.05) is 35.2 Å². The SMILES string of the molecule is Cl.NC1CCCC2CN(C(=O)CCOc3ccccc3)CC12. The van der Waals surface area contributed by atoms with Crippen molar-refractivity contribution in [3.05, 3.63) is 30.3 Å². The van der Waals surface area contributed by atoms with Crippen LogP contribution in [0.4, 0.5) is 0 Å². The zero-order chi connectivity index (χ0) is 14.7. The topological polar surface area (TPSA) is 55.6 Å². The van der Waals surface area contributed by atoms with E-state index in [0.29, 0.717) is 24.9 Å². The molecule has 1 aliphatic heterocycles. The molecular formula is C17H25ClN2O2. The fourth-order valence-corrected chi connectivity index (χ4v) is 3.65. The van der Waals surface area contributed by atoms with Crippen molar-refractivity contribution in [2.45, 2.75) is 31.7 Å². The Bertz CT molecular complexity index is 483. The minimum absolute atomic E-state index is 0. The van der Waals surface area contributed by atoms with Gasteiger partial charge >= 0.3 is 0 Å². The summed E-state index contributed by atoms with van der Waals surface area (Å²) in [6, 6.07) is 9.92. The van der Waals surface area contributed by atoms with Crippen LogP contribution in [0.15, 0.2) is 30.3 Å². The molecule has 3 rings (SSSR count). The third-order valence-corrected chi connectivity index (χ3v) is 4.83. The molecule has 1 aromatic rings. The van der Waals surface area contributed by atoms with Gasteiger partial charge in [-0.3, -0.25) is 4.79 Å². The molecule has 1 amide bonds. The number of nitrogens with zero attached hydrogens (tertiary/aromatic N) is 1. The smallest absolute Gasteiger partial charge is 0.226 e. The first-order valence-corrected chi connectivity index (χ1v) is 7.95. The number of amides is 1. The number of nitrogens with two attached hydrogens (primary N) is 1. The van der Waals surface area contributed by atoms with Gasteiger partial charge in [-0.25, -0.2) is 0 Å². The lowest BCUT2D eigenvalue weighted by molar-refractivity contribution is -0.130. The Labute approximate surface area is 138 Å². The summed E-state index contributed by atoms with van der Waals surface area (Å²) in [6.45, 7) is 2.18. The molecule has 0 spiro atoms. The van der Waals surface area contributed by atoms with Crippen LogP contribution in [0, 0.1) is 11.8 Å². The molecule has 1 saturated carbocycles. The van der Waals surface area contributed by atoms with E-state index >= 15 is 0 Å². The maximum absolute atomic E-state index is 12.3. The van der Waals surface area contributed by atoms with Crippen LogP contribution < -0.4 is 10.5 Å². The zero-order valence-corrected chi connectivity index (χ0v) is 13.6. The van der Waals surface area contributed by atoms with Gasteiger partial charge in [-0.2, -0.15) is 0 Å². The van der Waals surface area contributed by atoms with E-state index < -0.39 is 0 Å². The number of carbonyl (C=O) groups is 1. The van der Waals surface area contributed by atoms with Crippen LogP contribution in [-0.2, 0) is 4.79 Å². The zero-order valence-electron chi connectivity index (χ0n) is 12.8. The van der Waals surface area contributed by atoms with Crippen molar-refractivity contribution in [1.82, 2.24) is 4.90 Å². The lowest BCUT2D eigenvalue weighted by atomic mass is 9.78. The molecule has 3 unspecified atom stereocenters. The molecule has 0 aromatic heterocycles. The lowest BCUT2D eigenvalue weighted by Crippen LogP contribution is -2.38. The van der Waals surface area contributed by atoms with E-state index in [1.54, 1.807) is 0 Å². The van der Waals surface area contributed by atoms with Crippen LogP contribution in [0.3, 0.4) is 0 Å². The summed E-state index contributed by atoms with van der Waals surface area (Å²) in [6.07, 6.45) is 3.99. The predicted molar refractivity (Wildman–Crippen MR) is 89.2 cm³/mol. The highest BCUT2D eigenvalue weighted by Gasteiger charge is 2.40. The molecule has 5 heteroatoms. The van der Waals surface area contributed by atoms with Gasteiger partial charge in [-0.05, 0) is 36.8 Å². The van der Waals surface area contributed by atoms with E-state index in [4.69, 9.17) is 10.5 Å². The Morgan fingerprint density at radius 3 is 2.73 bits per heavy atom. The van der Waals surface area contributed by atoms with Crippen LogP contribution in [0.1, 0.15) is 25.7 Å². The molecule has 0 radical (unpaired) electrons. The Morgan fingerprint density at radius 2 is 2.00 bits per heavy atom. The first-order chi connectivity index (χ1) is 10.2. The van der Waals surface area contributed by atoms with Crippen molar-refractivity contribution in [3.63, 3.8) is 0 Å². The number of ether oxygens (including phenoxy) is 1. The molecule has 1 aromatic carbocycles. The summed E-state index contributed by atoms with van der Waals surface area (Å²) >= 11 is 0.